The molecule has 0 aromatic carbocycles. The van der Waals surface area contributed by atoms with Gasteiger partial charge in [-0.25, -0.2) is 0 Å². The maximum Gasteiger partial charge on any atom is -0.0210 e. The monoisotopic (exact) mass is 204 g/mol. The molecule has 0 aromatic rings. The maximum atomic E-state index is 3.92. The molecule has 0 spiro atoms. The second kappa shape index (κ2) is 5.18. The minimum Gasteiger partial charge on any atom is -0.103 e. The summed E-state index contributed by atoms with van der Waals surface area (Å²) in [6.45, 7) is 6.25. The van der Waals surface area contributed by atoms with E-state index in [-0.39, 0.29) is 0 Å². The molecule has 15 heavy (non-hydrogen) atoms. The minimum absolute atomic E-state index is 0.811. The van der Waals surface area contributed by atoms with Crippen molar-refractivity contribution in [1.82, 2.24) is 0 Å². The quantitative estimate of drug-likeness (QED) is 0.571. The second-order valence-corrected chi connectivity index (χ2v) is 5.46. The van der Waals surface area contributed by atoms with Crippen LogP contribution in [0.1, 0.15) is 58.3 Å². The van der Waals surface area contributed by atoms with E-state index in [2.05, 4.69) is 19.6 Å². The van der Waals surface area contributed by atoms with Gasteiger partial charge in [-0.15, -0.1) is 6.58 Å². The molecule has 2 rings (SSSR count). The lowest BCUT2D eigenvalue weighted by Gasteiger charge is -2.36. The number of hydrogen-bond acceptors (Lipinski definition) is 0. The number of allylic oxidation sites excluding steroid dienone is 1. The Bertz CT molecular complexity index is 190. The highest BCUT2D eigenvalue weighted by atomic mass is 14.3. The molecule has 0 atom stereocenters. The zero-order valence-corrected chi connectivity index (χ0v) is 10.1. The molecule has 0 heterocycles. The van der Waals surface area contributed by atoms with Crippen LogP contribution < -0.4 is 0 Å². The van der Waals surface area contributed by atoms with Gasteiger partial charge in [0.2, 0.25) is 0 Å². The fourth-order valence-corrected chi connectivity index (χ4v) is 3.17. The molecule has 84 valence electrons. The largest absolute Gasteiger partial charge is 0.103 e. The van der Waals surface area contributed by atoms with Crippen LogP contribution in [0.2, 0.25) is 0 Å². The van der Waals surface area contributed by atoms with Crippen molar-refractivity contribution in [2.45, 2.75) is 58.3 Å². The van der Waals surface area contributed by atoms with Crippen LogP contribution in [0.4, 0.5) is 0 Å². The molecule has 0 aliphatic heterocycles. The molecule has 0 amide bonds. The smallest absolute Gasteiger partial charge is 0.0210 e. The Morgan fingerprint density at radius 1 is 1.00 bits per heavy atom. The molecule has 0 saturated heterocycles. The summed E-state index contributed by atoms with van der Waals surface area (Å²) in [7, 11) is 0. The summed E-state index contributed by atoms with van der Waals surface area (Å²) >= 11 is 0. The third-order valence-electron chi connectivity index (χ3n) is 4.42. The average molecular weight is 204 g/mol. The van der Waals surface area contributed by atoms with Crippen molar-refractivity contribution in [3.05, 3.63) is 24.5 Å². The molecule has 2 aliphatic carbocycles. The number of rotatable bonds is 2. The lowest BCUT2D eigenvalue weighted by Crippen LogP contribution is -2.22. The van der Waals surface area contributed by atoms with E-state index >= 15 is 0 Å². The van der Waals surface area contributed by atoms with Gasteiger partial charge in [0.25, 0.3) is 0 Å². The highest BCUT2D eigenvalue weighted by Crippen LogP contribution is 2.43. The molecule has 2 saturated carbocycles. The molecule has 0 unspecified atom stereocenters. The van der Waals surface area contributed by atoms with Crippen LogP contribution >= 0.6 is 0 Å². The Labute approximate surface area is 95.1 Å². The van der Waals surface area contributed by atoms with Crippen LogP contribution in [0.5, 0.6) is 0 Å². The standard InChI is InChI=1S/C15H24/c1-3-13-6-10-15(11-7-13)14-8-4-12(2)5-9-14/h3,13-14H,1,4-11H2,2H3. The second-order valence-electron chi connectivity index (χ2n) is 5.46. The molecular weight excluding hydrogens is 180 g/mol. The van der Waals surface area contributed by atoms with E-state index in [1.54, 1.807) is 5.92 Å². The van der Waals surface area contributed by atoms with Crippen molar-refractivity contribution in [3.63, 3.8) is 0 Å². The lowest BCUT2D eigenvalue weighted by molar-refractivity contribution is 0.316. The third-order valence-corrected chi connectivity index (χ3v) is 4.42. The van der Waals surface area contributed by atoms with Gasteiger partial charge in [-0.1, -0.05) is 13.0 Å². The van der Waals surface area contributed by atoms with E-state index in [1.807, 2.05) is 5.92 Å². The van der Waals surface area contributed by atoms with Gasteiger partial charge in [0.05, 0.1) is 0 Å². The van der Waals surface area contributed by atoms with Gasteiger partial charge in [0.1, 0.15) is 0 Å². The Hall–Kier alpha value is -0.260. The van der Waals surface area contributed by atoms with Crippen LogP contribution in [0.3, 0.4) is 0 Å². The van der Waals surface area contributed by atoms with Gasteiger partial charge < -0.3 is 0 Å². The van der Waals surface area contributed by atoms with E-state index < -0.39 is 0 Å². The SMILES string of the molecule is C=CC1CC[C](C2CC[C](C)CC2)CC1. The van der Waals surface area contributed by atoms with Gasteiger partial charge in [0.15, 0.2) is 0 Å². The molecular formula is C15H24. The Kier molecular flexibility index (Phi) is 3.88. The first-order valence-corrected chi connectivity index (χ1v) is 6.58. The third kappa shape index (κ3) is 2.86. The molecule has 0 nitrogen and oxygen atoms in total. The highest BCUT2D eigenvalue weighted by molar-refractivity contribution is 5.05. The predicted molar refractivity (Wildman–Crippen MR) is 66.3 cm³/mol. The summed E-state index contributed by atoms with van der Waals surface area (Å²) in [5, 5.41) is 0. The molecule has 0 heteroatoms. The van der Waals surface area contributed by atoms with E-state index in [0.29, 0.717) is 0 Å². The normalized spacial score (nSPS) is 28.1. The predicted octanol–water partition coefficient (Wildman–Crippen LogP) is 4.72. The van der Waals surface area contributed by atoms with Gasteiger partial charge in [-0.2, -0.15) is 0 Å². The first-order chi connectivity index (χ1) is 7.29. The first kappa shape index (κ1) is 11.2. The average Bonchev–Trinajstić information content (AvgIpc) is 2.30. The van der Waals surface area contributed by atoms with Crippen LogP contribution in [0.25, 0.3) is 0 Å². The van der Waals surface area contributed by atoms with Crippen LogP contribution in [0, 0.1) is 23.7 Å². The van der Waals surface area contributed by atoms with E-state index in [9.17, 15) is 0 Å². The topological polar surface area (TPSA) is 0 Å². The zero-order valence-electron chi connectivity index (χ0n) is 10.1. The Balaban J connectivity index is 1.78. The lowest BCUT2D eigenvalue weighted by atomic mass is 9.69. The molecule has 2 aliphatic rings. The van der Waals surface area contributed by atoms with E-state index in [0.717, 1.165) is 11.8 Å². The molecule has 0 N–H and O–H groups in total. The van der Waals surface area contributed by atoms with Gasteiger partial charge in [-0.05, 0) is 75.0 Å². The summed E-state index contributed by atoms with van der Waals surface area (Å²) in [4.78, 5) is 0. The summed E-state index contributed by atoms with van der Waals surface area (Å²) in [5.41, 5.74) is 0. The van der Waals surface area contributed by atoms with Crippen LogP contribution in [0.15, 0.2) is 12.7 Å². The van der Waals surface area contributed by atoms with Crippen LogP contribution in [-0.4, -0.2) is 0 Å². The van der Waals surface area contributed by atoms with Crippen molar-refractivity contribution < 1.29 is 0 Å². The zero-order chi connectivity index (χ0) is 10.7. The Morgan fingerprint density at radius 3 is 2.13 bits per heavy atom. The van der Waals surface area contributed by atoms with Crippen molar-refractivity contribution in [1.29, 1.82) is 0 Å². The van der Waals surface area contributed by atoms with Crippen molar-refractivity contribution in [3.8, 4) is 0 Å². The fourth-order valence-electron chi connectivity index (χ4n) is 3.17. The summed E-state index contributed by atoms with van der Waals surface area (Å²) in [5.74, 6) is 5.40. The van der Waals surface area contributed by atoms with E-state index in [4.69, 9.17) is 0 Å². The van der Waals surface area contributed by atoms with E-state index in [1.165, 1.54) is 51.4 Å². The Morgan fingerprint density at radius 2 is 1.60 bits per heavy atom. The van der Waals surface area contributed by atoms with Gasteiger partial charge >= 0.3 is 0 Å². The molecule has 0 bridgehead atoms. The maximum absolute atomic E-state index is 3.92. The summed E-state index contributed by atoms with van der Waals surface area (Å²) in [6.07, 6.45) is 13.4. The van der Waals surface area contributed by atoms with Crippen molar-refractivity contribution in [2.75, 3.05) is 0 Å². The van der Waals surface area contributed by atoms with Crippen LogP contribution in [-0.2, 0) is 0 Å². The van der Waals surface area contributed by atoms with Crippen molar-refractivity contribution >= 4 is 0 Å². The molecule has 0 aromatic heterocycles. The van der Waals surface area contributed by atoms with Crippen molar-refractivity contribution in [2.24, 2.45) is 11.8 Å². The fraction of sp³-hybridized carbons (Fsp3) is 0.733. The van der Waals surface area contributed by atoms with Gasteiger partial charge in [0, 0.05) is 0 Å². The molecule has 2 fully saturated rings. The molecule has 2 radical (unpaired) electrons. The first-order valence-electron chi connectivity index (χ1n) is 6.58. The summed E-state index contributed by atoms with van der Waals surface area (Å²) in [6, 6.07) is 0. The summed E-state index contributed by atoms with van der Waals surface area (Å²) < 4.78 is 0. The minimum atomic E-state index is 0.811. The number of hydrogen-bond donors (Lipinski definition) is 0. The highest BCUT2D eigenvalue weighted by Gasteiger charge is 2.29. The van der Waals surface area contributed by atoms with Gasteiger partial charge in [-0.3, -0.25) is 0 Å².